The van der Waals surface area contributed by atoms with E-state index in [2.05, 4.69) is 18.6 Å². The van der Waals surface area contributed by atoms with Crippen LogP contribution >= 0.6 is 23.2 Å². The van der Waals surface area contributed by atoms with Gasteiger partial charge in [0.05, 0.1) is 27.0 Å². The van der Waals surface area contributed by atoms with Gasteiger partial charge in [0.1, 0.15) is 0 Å². The molecular weight excluding hydrogens is 636 g/mol. The molecule has 2 atom stereocenters. The van der Waals surface area contributed by atoms with E-state index >= 15 is 0 Å². The second-order valence-electron chi connectivity index (χ2n) is 9.51. The van der Waals surface area contributed by atoms with Crippen LogP contribution < -0.4 is 10.5 Å². The summed E-state index contributed by atoms with van der Waals surface area (Å²) < 4.78 is 28.6. The van der Waals surface area contributed by atoms with Gasteiger partial charge in [0.2, 0.25) is 10.0 Å². The Morgan fingerprint density at radius 2 is 1.23 bits per heavy atom. The van der Waals surface area contributed by atoms with Crippen LogP contribution in [0, 0.1) is 13.8 Å². The molecule has 0 spiro atoms. The fourth-order valence-electron chi connectivity index (χ4n) is 3.94. The zero-order valence-corrected chi connectivity index (χ0v) is 26.4. The van der Waals surface area contributed by atoms with Gasteiger partial charge >= 0.3 is 0 Å². The molecule has 0 aliphatic rings. The predicted molar refractivity (Wildman–Crippen MR) is 159 cm³/mol. The third-order valence-electron chi connectivity index (χ3n) is 6.24. The largest absolute Gasteiger partial charge is 0.322 e. The molecule has 0 aliphatic heterocycles. The summed E-state index contributed by atoms with van der Waals surface area (Å²) in [5, 5.41) is 1.38. The van der Waals surface area contributed by atoms with Crippen molar-refractivity contribution < 1.29 is 27.9 Å². The quantitative estimate of drug-likeness (QED) is 0.195. The number of hydrogen-bond donors (Lipinski definition) is 2. The van der Waals surface area contributed by atoms with Gasteiger partial charge in [0.25, 0.3) is 0 Å². The SMILES string of the molecule is Cc1ccc(C(C)C)c(Cl)c1Cl.Cc1ccc(S(=O)(=O)N[C@@H](c2ccccc2)[C@@H](N)c2ccccc2)cc1.[Ru]. The number of hydrogen-bond acceptors (Lipinski definition) is 3. The number of halogens is 2. The van der Waals surface area contributed by atoms with E-state index in [-0.39, 0.29) is 24.4 Å². The molecule has 0 amide bonds. The van der Waals surface area contributed by atoms with Crippen LogP contribution in [0.3, 0.4) is 0 Å². The van der Waals surface area contributed by atoms with Crippen molar-refractivity contribution in [2.45, 2.75) is 50.6 Å². The van der Waals surface area contributed by atoms with Gasteiger partial charge in [-0.05, 0) is 54.2 Å². The maximum Gasteiger partial charge on any atom is 0.241 e. The molecule has 0 heterocycles. The summed E-state index contributed by atoms with van der Waals surface area (Å²) in [6, 6.07) is 28.6. The van der Waals surface area contributed by atoms with Crippen LogP contribution in [0.2, 0.25) is 10.0 Å². The van der Waals surface area contributed by atoms with Crippen molar-refractivity contribution in [2.24, 2.45) is 5.73 Å². The van der Waals surface area contributed by atoms with Crippen LogP contribution in [-0.4, -0.2) is 8.42 Å². The van der Waals surface area contributed by atoms with Crippen molar-refractivity contribution in [3.8, 4) is 0 Å². The minimum atomic E-state index is -3.71. The Morgan fingerprint density at radius 3 is 1.74 bits per heavy atom. The normalized spacial score (nSPS) is 12.6. The Hall–Kier alpha value is -2.05. The summed E-state index contributed by atoms with van der Waals surface area (Å²) in [6.07, 6.45) is 0. The van der Waals surface area contributed by atoms with E-state index in [1.807, 2.05) is 86.6 Å². The van der Waals surface area contributed by atoms with Gasteiger partial charge in [0, 0.05) is 19.5 Å². The first-order valence-corrected chi connectivity index (χ1v) is 14.6. The Balaban J connectivity index is 0.000000346. The summed E-state index contributed by atoms with van der Waals surface area (Å²) >= 11 is 12.1. The Kier molecular flexibility index (Phi) is 12.8. The van der Waals surface area contributed by atoms with Gasteiger partial charge in [-0.15, -0.1) is 0 Å². The minimum Gasteiger partial charge on any atom is -0.322 e. The molecule has 0 radical (unpaired) electrons. The van der Waals surface area contributed by atoms with Gasteiger partial charge in [-0.1, -0.05) is 128 Å². The molecule has 4 nitrogen and oxygen atoms in total. The molecule has 208 valence electrons. The second kappa shape index (κ2) is 15.1. The third kappa shape index (κ3) is 8.98. The van der Waals surface area contributed by atoms with E-state index in [4.69, 9.17) is 28.9 Å². The summed E-state index contributed by atoms with van der Waals surface area (Å²) in [7, 11) is -3.71. The van der Waals surface area contributed by atoms with E-state index in [0.29, 0.717) is 16.0 Å². The Labute approximate surface area is 255 Å². The maximum atomic E-state index is 12.9. The number of nitrogens with two attached hydrogens (primary N) is 1. The van der Waals surface area contributed by atoms with Crippen molar-refractivity contribution in [3.05, 3.63) is 135 Å². The molecular formula is C31H34Cl2N2O2RuS. The number of nitrogens with one attached hydrogen (secondary N) is 1. The van der Waals surface area contributed by atoms with Crippen LogP contribution in [0.15, 0.2) is 102 Å². The summed E-state index contributed by atoms with van der Waals surface area (Å²) in [5.41, 5.74) is 11.3. The smallest absolute Gasteiger partial charge is 0.241 e. The van der Waals surface area contributed by atoms with Gasteiger partial charge < -0.3 is 5.73 Å². The topological polar surface area (TPSA) is 72.2 Å². The van der Waals surface area contributed by atoms with Gasteiger partial charge in [-0.2, -0.15) is 0 Å². The number of aryl methyl sites for hydroxylation is 2. The monoisotopic (exact) mass is 670 g/mol. The van der Waals surface area contributed by atoms with Crippen LogP contribution in [-0.2, 0) is 29.5 Å². The molecule has 0 saturated carbocycles. The third-order valence-corrected chi connectivity index (χ3v) is 8.69. The van der Waals surface area contributed by atoms with Crippen LogP contribution in [0.4, 0.5) is 0 Å². The second-order valence-corrected chi connectivity index (χ2v) is 12.0. The maximum absolute atomic E-state index is 12.9. The first kappa shape index (κ1) is 33.2. The summed E-state index contributed by atoms with van der Waals surface area (Å²) in [5.74, 6) is 0.426. The van der Waals surface area contributed by atoms with E-state index in [1.54, 1.807) is 24.3 Å². The van der Waals surface area contributed by atoms with Crippen LogP contribution in [0.1, 0.15) is 59.7 Å². The molecule has 0 aliphatic carbocycles. The van der Waals surface area contributed by atoms with Crippen LogP contribution in [0.5, 0.6) is 0 Å². The molecule has 3 N–H and O–H groups in total. The zero-order valence-electron chi connectivity index (χ0n) is 22.4. The first-order valence-electron chi connectivity index (χ1n) is 12.4. The van der Waals surface area contributed by atoms with Gasteiger partial charge in [0.15, 0.2) is 0 Å². The predicted octanol–water partition coefficient (Wildman–Crippen LogP) is 8.14. The van der Waals surface area contributed by atoms with Crippen molar-refractivity contribution in [2.75, 3.05) is 0 Å². The Bertz CT molecular complexity index is 1430. The van der Waals surface area contributed by atoms with Crippen molar-refractivity contribution >= 4 is 33.2 Å². The zero-order chi connectivity index (χ0) is 27.9. The van der Waals surface area contributed by atoms with E-state index in [0.717, 1.165) is 27.8 Å². The molecule has 39 heavy (non-hydrogen) atoms. The molecule has 0 unspecified atom stereocenters. The Morgan fingerprint density at radius 1 is 0.718 bits per heavy atom. The average Bonchev–Trinajstić information content (AvgIpc) is 2.91. The van der Waals surface area contributed by atoms with Gasteiger partial charge in [-0.25, -0.2) is 13.1 Å². The number of benzene rings is 4. The minimum absolute atomic E-state index is 0. The molecule has 0 fully saturated rings. The molecule has 0 saturated heterocycles. The van der Waals surface area contributed by atoms with E-state index < -0.39 is 22.1 Å². The standard InChI is InChI=1S/C21H22N2O2S.C10H12Cl2.Ru/c1-16-12-14-19(15-13-16)26(24,25)23-21(18-10-6-3-7-11-18)20(22)17-8-4-2-5-9-17;1-6(2)8-5-4-7(3)9(11)10(8)12;/h2-15,20-21,23H,22H2,1H3;4-6H,1-3H3;/t20-,21-;;/m0../s1. The van der Waals surface area contributed by atoms with Gasteiger partial charge in [-0.3, -0.25) is 0 Å². The van der Waals surface area contributed by atoms with Crippen molar-refractivity contribution in [1.29, 1.82) is 0 Å². The fraction of sp³-hybridized carbons (Fsp3) is 0.226. The summed E-state index contributed by atoms with van der Waals surface area (Å²) in [4.78, 5) is 0.226. The molecule has 4 rings (SSSR count). The molecule has 0 bridgehead atoms. The molecule has 8 heteroatoms. The van der Waals surface area contributed by atoms with Crippen molar-refractivity contribution in [1.82, 2.24) is 4.72 Å². The van der Waals surface area contributed by atoms with Crippen molar-refractivity contribution in [3.63, 3.8) is 0 Å². The number of rotatable bonds is 7. The molecule has 0 aromatic heterocycles. The van der Waals surface area contributed by atoms with Crippen LogP contribution in [0.25, 0.3) is 0 Å². The summed E-state index contributed by atoms with van der Waals surface area (Å²) in [6.45, 7) is 8.08. The van der Waals surface area contributed by atoms with E-state index in [9.17, 15) is 8.42 Å². The van der Waals surface area contributed by atoms with E-state index in [1.165, 1.54) is 0 Å². The first-order chi connectivity index (χ1) is 18.0. The number of sulfonamides is 1. The average molecular weight is 671 g/mol. The molecule has 4 aromatic carbocycles. The molecule has 4 aromatic rings. The fourth-order valence-corrected chi connectivity index (χ4v) is 5.79.